The lowest BCUT2D eigenvalue weighted by Gasteiger charge is -2.31. The van der Waals surface area contributed by atoms with Crippen LogP contribution in [-0.2, 0) is 9.53 Å². The number of aliphatic hydroxyl groups excluding tert-OH is 1. The van der Waals surface area contributed by atoms with Crippen molar-refractivity contribution in [2.24, 2.45) is 0 Å². The van der Waals surface area contributed by atoms with E-state index in [0.29, 0.717) is 19.7 Å². The van der Waals surface area contributed by atoms with Gasteiger partial charge in [-0.15, -0.1) is 0 Å². The molecule has 1 aliphatic heterocycles. The number of halogens is 1. The Balaban J connectivity index is 1.86. The van der Waals surface area contributed by atoms with Crippen molar-refractivity contribution in [2.45, 2.75) is 6.10 Å². The Morgan fingerprint density at radius 3 is 3.05 bits per heavy atom. The standard InChI is InChI=1S/C13H16FNO4/c14-11-3-1-2-4-12(11)19-9-13(17)15-5-6-18-10(7-15)8-16/h1-4,10,16H,5-9H2. The van der Waals surface area contributed by atoms with Crippen LogP contribution in [0.4, 0.5) is 4.39 Å². The molecule has 1 aromatic carbocycles. The van der Waals surface area contributed by atoms with E-state index >= 15 is 0 Å². The number of carbonyl (C=O) groups excluding carboxylic acids is 1. The molecule has 1 heterocycles. The van der Waals surface area contributed by atoms with Crippen LogP contribution in [0.1, 0.15) is 0 Å². The molecular formula is C13H16FNO4. The van der Waals surface area contributed by atoms with Crippen molar-refractivity contribution >= 4 is 5.91 Å². The fourth-order valence-electron chi connectivity index (χ4n) is 1.85. The summed E-state index contributed by atoms with van der Waals surface area (Å²) in [6.07, 6.45) is -0.355. The SMILES string of the molecule is O=C(COc1ccccc1F)N1CCOC(CO)C1. The Morgan fingerprint density at radius 2 is 2.32 bits per heavy atom. The second-order valence-electron chi connectivity index (χ2n) is 4.23. The topological polar surface area (TPSA) is 59.0 Å². The van der Waals surface area contributed by atoms with Crippen molar-refractivity contribution in [2.75, 3.05) is 32.9 Å². The van der Waals surface area contributed by atoms with Crippen LogP contribution in [0, 0.1) is 5.82 Å². The summed E-state index contributed by atoms with van der Waals surface area (Å²) in [6, 6.07) is 5.94. The molecule has 1 atom stereocenters. The first-order valence-electron chi connectivity index (χ1n) is 6.08. The highest BCUT2D eigenvalue weighted by molar-refractivity contribution is 5.77. The third kappa shape index (κ3) is 3.65. The van der Waals surface area contributed by atoms with Crippen molar-refractivity contribution in [3.8, 4) is 5.75 Å². The van der Waals surface area contributed by atoms with Gasteiger partial charge in [-0.3, -0.25) is 4.79 Å². The van der Waals surface area contributed by atoms with E-state index in [4.69, 9.17) is 14.6 Å². The number of carbonyl (C=O) groups is 1. The molecular weight excluding hydrogens is 253 g/mol. The fraction of sp³-hybridized carbons (Fsp3) is 0.462. The molecule has 5 nitrogen and oxygen atoms in total. The predicted molar refractivity (Wildman–Crippen MR) is 65.3 cm³/mol. The van der Waals surface area contributed by atoms with E-state index in [1.807, 2.05) is 0 Å². The quantitative estimate of drug-likeness (QED) is 0.861. The van der Waals surface area contributed by atoms with Crippen LogP contribution in [0.3, 0.4) is 0 Å². The van der Waals surface area contributed by atoms with E-state index in [0.717, 1.165) is 0 Å². The van der Waals surface area contributed by atoms with Gasteiger partial charge in [-0.05, 0) is 12.1 Å². The van der Waals surface area contributed by atoms with Crippen LogP contribution in [0.5, 0.6) is 5.75 Å². The van der Waals surface area contributed by atoms with Gasteiger partial charge in [0.15, 0.2) is 18.2 Å². The molecule has 0 aromatic heterocycles. The third-order valence-electron chi connectivity index (χ3n) is 2.88. The van der Waals surface area contributed by atoms with Crippen molar-refractivity contribution in [1.82, 2.24) is 4.90 Å². The van der Waals surface area contributed by atoms with Gasteiger partial charge >= 0.3 is 0 Å². The number of rotatable bonds is 4. The summed E-state index contributed by atoms with van der Waals surface area (Å²) < 4.78 is 23.7. The Morgan fingerprint density at radius 1 is 1.53 bits per heavy atom. The average molecular weight is 269 g/mol. The van der Waals surface area contributed by atoms with E-state index in [2.05, 4.69) is 0 Å². The molecule has 1 unspecified atom stereocenters. The summed E-state index contributed by atoms with van der Waals surface area (Å²) in [7, 11) is 0. The zero-order valence-electron chi connectivity index (χ0n) is 10.4. The largest absolute Gasteiger partial charge is 0.481 e. The number of hydrogen-bond acceptors (Lipinski definition) is 4. The molecule has 6 heteroatoms. The Hall–Kier alpha value is -1.66. The molecule has 0 bridgehead atoms. The molecule has 104 valence electrons. The number of amides is 1. The van der Waals surface area contributed by atoms with Gasteiger partial charge in [0.1, 0.15) is 0 Å². The molecule has 1 aliphatic rings. The summed E-state index contributed by atoms with van der Waals surface area (Å²) >= 11 is 0. The molecule has 19 heavy (non-hydrogen) atoms. The Kier molecular flexibility index (Phi) is 4.70. The summed E-state index contributed by atoms with van der Waals surface area (Å²) in [4.78, 5) is 13.4. The number of nitrogens with zero attached hydrogens (tertiary/aromatic N) is 1. The predicted octanol–water partition coefficient (Wildman–Crippen LogP) is 0.424. The average Bonchev–Trinajstić information content (AvgIpc) is 2.46. The highest BCUT2D eigenvalue weighted by atomic mass is 19.1. The lowest BCUT2D eigenvalue weighted by Crippen LogP contribution is -2.48. The van der Waals surface area contributed by atoms with Crippen LogP contribution < -0.4 is 4.74 Å². The molecule has 0 saturated carbocycles. The minimum Gasteiger partial charge on any atom is -0.481 e. The van der Waals surface area contributed by atoms with Gasteiger partial charge in [0.05, 0.1) is 19.3 Å². The van der Waals surface area contributed by atoms with Crippen molar-refractivity contribution in [1.29, 1.82) is 0 Å². The van der Waals surface area contributed by atoms with Gasteiger partial charge in [-0.1, -0.05) is 12.1 Å². The normalized spacial score (nSPS) is 19.3. The summed E-state index contributed by atoms with van der Waals surface area (Å²) in [6.45, 7) is 0.819. The maximum Gasteiger partial charge on any atom is 0.260 e. The zero-order chi connectivity index (χ0) is 13.7. The smallest absolute Gasteiger partial charge is 0.260 e. The van der Waals surface area contributed by atoms with E-state index in [-0.39, 0.29) is 31.0 Å². The number of hydrogen-bond donors (Lipinski definition) is 1. The number of morpholine rings is 1. The fourth-order valence-corrected chi connectivity index (χ4v) is 1.85. The lowest BCUT2D eigenvalue weighted by atomic mass is 10.3. The molecule has 0 radical (unpaired) electrons. The first-order valence-corrected chi connectivity index (χ1v) is 6.08. The van der Waals surface area contributed by atoms with E-state index in [9.17, 15) is 9.18 Å². The number of benzene rings is 1. The maximum atomic E-state index is 13.3. The second kappa shape index (κ2) is 6.49. The van der Waals surface area contributed by atoms with Gasteiger partial charge in [0, 0.05) is 13.1 Å². The van der Waals surface area contributed by atoms with Crippen LogP contribution in [0.15, 0.2) is 24.3 Å². The molecule has 1 amide bonds. The van der Waals surface area contributed by atoms with Crippen molar-refractivity contribution < 1.29 is 23.8 Å². The molecule has 1 N–H and O–H groups in total. The number of para-hydroxylation sites is 1. The molecule has 1 fully saturated rings. The van der Waals surface area contributed by atoms with Crippen molar-refractivity contribution in [3.05, 3.63) is 30.1 Å². The van der Waals surface area contributed by atoms with E-state index in [1.165, 1.54) is 12.1 Å². The van der Waals surface area contributed by atoms with Gasteiger partial charge < -0.3 is 19.5 Å². The molecule has 2 rings (SSSR count). The van der Waals surface area contributed by atoms with Crippen LogP contribution in [0.25, 0.3) is 0 Å². The van der Waals surface area contributed by atoms with Gasteiger partial charge in [-0.2, -0.15) is 0 Å². The molecule has 1 saturated heterocycles. The van der Waals surface area contributed by atoms with Crippen LogP contribution in [-0.4, -0.2) is 54.9 Å². The first kappa shape index (κ1) is 13.8. The zero-order valence-corrected chi connectivity index (χ0v) is 10.4. The van der Waals surface area contributed by atoms with Gasteiger partial charge in [0.25, 0.3) is 5.91 Å². The molecule has 0 aliphatic carbocycles. The molecule has 0 spiro atoms. The minimum absolute atomic E-state index is 0.0582. The van der Waals surface area contributed by atoms with E-state index < -0.39 is 5.82 Å². The maximum absolute atomic E-state index is 13.3. The highest BCUT2D eigenvalue weighted by Gasteiger charge is 2.23. The van der Waals surface area contributed by atoms with Crippen LogP contribution in [0.2, 0.25) is 0 Å². The summed E-state index contributed by atoms with van der Waals surface area (Å²) in [5, 5.41) is 8.99. The summed E-state index contributed by atoms with van der Waals surface area (Å²) in [5.41, 5.74) is 0. The van der Waals surface area contributed by atoms with Gasteiger partial charge in [-0.25, -0.2) is 4.39 Å². The van der Waals surface area contributed by atoms with E-state index in [1.54, 1.807) is 17.0 Å². The van der Waals surface area contributed by atoms with Crippen LogP contribution >= 0.6 is 0 Å². The lowest BCUT2D eigenvalue weighted by molar-refractivity contribution is -0.142. The summed E-state index contributed by atoms with van der Waals surface area (Å²) in [5.74, 6) is -0.682. The number of aliphatic hydroxyl groups is 1. The third-order valence-corrected chi connectivity index (χ3v) is 2.88. The monoisotopic (exact) mass is 269 g/mol. The molecule has 1 aromatic rings. The Labute approximate surface area is 110 Å². The minimum atomic E-state index is -0.495. The number of ether oxygens (including phenoxy) is 2. The van der Waals surface area contributed by atoms with Gasteiger partial charge in [0.2, 0.25) is 0 Å². The second-order valence-corrected chi connectivity index (χ2v) is 4.23. The first-order chi connectivity index (χ1) is 9.20. The van der Waals surface area contributed by atoms with Crippen molar-refractivity contribution in [3.63, 3.8) is 0 Å². The Bertz CT molecular complexity index is 440. The highest BCUT2D eigenvalue weighted by Crippen LogP contribution is 2.15.